The van der Waals surface area contributed by atoms with Crippen LogP contribution in [0.2, 0.25) is 0 Å². The molecule has 0 aliphatic carbocycles. The van der Waals surface area contributed by atoms with Crippen LogP contribution < -0.4 is 16.6 Å². The number of methoxy groups -OCH3 is 1. The number of benzene rings is 1. The molecule has 0 saturated carbocycles. The Morgan fingerprint density at radius 1 is 1.28 bits per heavy atom. The van der Waals surface area contributed by atoms with Crippen LogP contribution in [0.15, 0.2) is 29.1 Å². The van der Waals surface area contributed by atoms with Gasteiger partial charge < -0.3 is 25.3 Å². The first-order valence-electron chi connectivity index (χ1n) is 8.58. The molecule has 0 fully saturated rings. The highest BCUT2D eigenvalue weighted by Gasteiger charge is 2.18. The Balaban J connectivity index is 1.93. The molecule has 5 N–H and O–H groups in total. The first kappa shape index (κ1) is 19.7. The van der Waals surface area contributed by atoms with Crippen molar-refractivity contribution in [2.45, 2.75) is 6.42 Å². The molecule has 3 rings (SSSR count). The number of nitrogens with zero attached hydrogens (tertiary/aromatic N) is 3. The van der Waals surface area contributed by atoms with Crippen molar-refractivity contribution in [3.05, 3.63) is 46.0 Å². The third kappa shape index (κ3) is 3.98. The van der Waals surface area contributed by atoms with Crippen LogP contribution in [0.25, 0.3) is 22.6 Å². The van der Waals surface area contributed by atoms with Crippen LogP contribution in [-0.4, -0.2) is 50.9 Å². The molecule has 1 aromatic carbocycles. The van der Waals surface area contributed by atoms with E-state index in [0.29, 0.717) is 17.0 Å². The second-order valence-electron chi connectivity index (χ2n) is 6.15. The number of carbonyl (C=O) groups is 2. The van der Waals surface area contributed by atoms with Crippen molar-refractivity contribution in [2.24, 2.45) is 12.8 Å². The number of nitrogens with one attached hydrogen (secondary N) is 3. The van der Waals surface area contributed by atoms with Crippen molar-refractivity contribution in [3.63, 3.8) is 0 Å². The van der Waals surface area contributed by atoms with E-state index < -0.39 is 17.4 Å². The molecule has 2 aromatic heterocycles. The van der Waals surface area contributed by atoms with Gasteiger partial charge in [0.1, 0.15) is 11.7 Å². The molecule has 29 heavy (non-hydrogen) atoms. The zero-order valence-corrected chi connectivity index (χ0v) is 15.8. The molecule has 0 radical (unpaired) electrons. The SMILES string of the molecule is COC(=O)CCNC(=O)c1nc2c(nc(-c3ccc(C(=N)N)cc3)n2C)c(=O)[nH]1. The number of hydrogen-bond donors (Lipinski definition) is 4. The Labute approximate surface area is 164 Å². The van der Waals surface area contributed by atoms with Gasteiger partial charge in [-0.1, -0.05) is 24.3 Å². The number of aromatic nitrogens is 4. The topological polar surface area (TPSA) is 169 Å². The lowest BCUT2D eigenvalue weighted by Crippen LogP contribution is -2.30. The number of amides is 1. The number of carbonyl (C=O) groups excluding carboxylic acids is 2. The van der Waals surface area contributed by atoms with Gasteiger partial charge in [0, 0.05) is 24.7 Å². The third-order valence-corrected chi connectivity index (χ3v) is 4.24. The number of rotatable bonds is 6. The summed E-state index contributed by atoms with van der Waals surface area (Å²) >= 11 is 0. The van der Waals surface area contributed by atoms with Gasteiger partial charge in [-0.05, 0) is 0 Å². The highest BCUT2D eigenvalue weighted by Crippen LogP contribution is 2.21. The van der Waals surface area contributed by atoms with Gasteiger partial charge in [-0.2, -0.15) is 0 Å². The fourth-order valence-corrected chi connectivity index (χ4v) is 2.70. The molecule has 2 heterocycles. The van der Waals surface area contributed by atoms with E-state index in [1.165, 1.54) is 7.11 Å². The molecule has 3 aromatic rings. The molecule has 0 atom stereocenters. The fraction of sp³-hybridized carbons (Fsp3) is 0.222. The normalized spacial score (nSPS) is 10.7. The second-order valence-corrected chi connectivity index (χ2v) is 6.15. The molecule has 0 unspecified atom stereocenters. The van der Waals surface area contributed by atoms with Gasteiger partial charge >= 0.3 is 5.97 Å². The lowest BCUT2D eigenvalue weighted by molar-refractivity contribution is -0.140. The monoisotopic (exact) mass is 397 g/mol. The van der Waals surface area contributed by atoms with Gasteiger partial charge in [0.25, 0.3) is 11.5 Å². The summed E-state index contributed by atoms with van der Waals surface area (Å²) in [4.78, 5) is 46.7. The predicted molar refractivity (Wildman–Crippen MR) is 105 cm³/mol. The van der Waals surface area contributed by atoms with E-state index in [1.807, 2.05) is 0 Å². The minimum Gasteiger partial charge on any atom is -0.469 e. The van der Waals surface area contributed by atoms with Crippen LogP contribution in [-0.2, 0) is 16.6 Å². The number of nitrogen functional groups attached to an aromatic ring is 1. The number of esters is 1. The summed E-state index contributed by atoms with van der Waals surface area (Å²) in [7, 11) is 2.93. The van der Waals surface area contributed by atoms with Gasteiger partial charge in [-0.25, -0.2) is 9.97 Å². The first-order chi connectivity index (χ1) is 13.8. The van der Waals surface area contributed by atoms with Crippen LogP contribution >= 0.6 is 0 Å². The van der Waals surface area contributed by atoms with E-state index in [0.717, 1.165) is 0 Å². The number of ether oxygens (including phenoxy) is 1. The van der Waals surface area contributed by atoms with E-state index in [1.54, 1.807) is 35.9 Å². The molecule has 0 saturated heterocycles. The van der Waals surface area contributed by atoms with E-state index in [2.05, 4.69) is 25.0 Å². The molecule has 0 aliphatic rings. The van der Waals surface area contributed by atoms with E-state index in [9.17, 15) is 14.4 Å². The number of fused-ring (bicyclic) bond motifs is 1. The van der Waals surface area contributed by atoms with Crippen molar-refractivity contribution in [1.82, 2.24) is 24.8 Å². The Kier molecular flexibility index (Phi) is 5.39. The summed E-state index contributed by atoms with van der Waals surface area (Å²) in [6, 6.07) is 6.81. The number of amidine groups is 1. The number of hydrogen-bond acceptors (Lipinski definition) is 7. The maximum Gasteiger partial charge on any atom is 0.307 e. The average molecular weight is 397 g/mol. The molecule has 11 nitrogen and oxygen atoms in total. The molecule has 0 spiro atoms. The van der Waals surface area contributed by atoms with Gasteiger partial charge in [0.15, 0.2) is 11.2 Å². The van der Waals surface area contributed by atoms with Crippen molar-refractivity contribution in [2.75, 3.05) is 13.7 Å². The first-order valence-corrected chi connectivity index (χ1v) is 8.58. The fourth-order valence-electron chi connectivity index (χ4n) is 2.70. The molecule has 150 valence electrons. The van der Waals surface area contributed by atoms with Gasteiger partial charge in [-0.3, -0.25) is 19.8 Å². The number of nitrogens with two attached hydrogens (primary N) is 1. The minimum absolute atomic E-state index is 0.000826. The summed E-state index contributed by atoms with van der Waals surface area (Å²) in [6.45, 7) is 0.0480. The highest BCUT2D eigenvalue weighted by molar-refractivity contribution is 5.95. The van der Waals surface area contributed by atoms with Crippen molar-refractivity contribution >= 4 is 28.9 Å². The van der Waals surface area contributed by atoms with Crippen LogP contribution in [0.5, 0.6) is 0 Å². The molecule has 0 aliphatic heterocycles. The number of aryl methyl sites for hydroxylation is 1. The number of imidazole rings is 1. The Morgan fingerprint density at radius 2 is 1.97 bits per heavy atom. The standard InChI is InChI=1S/C18H19N7O4/c1-25-15(10-5-3-9(4-6-10)13(19)20)22-12-16(25)23-14(24-17(12)27)18(28)21-8-7-11(26)29-2/h3-6H,7-8H2,1-2H3,(H3,19,20)(H,21,28)(H,23,24,27). The third-order valence-electron chi connectivity index (χ3n) is 4.24. The molecule has 0 bridgehead atoms. The lowest BCUT2D eigenvalue weighted by Gasteiger charge is -2.05. The summed E-state index contributed by atoms with van der Waals surface area (Å²) in [6.07, 6.45) is 0.000826. The summed E-state index contributed by atoms with van der Waals surface area (Å²) in [5.74, 6) is -0.858. The lowest BCUT2D eigenvalue weighted by atomic mass is 10.1. The quantitative estimate of drug-likeness (QED) is 0.256. The zero-order valence-electron chi connectivity index (χ0n) is 15.8. The largest absolute Gasteiger partial charge is 0.469 e. The summed E-state index contributed by atoms with van der Waals surface area (Å²) in [5, 5.41) is 9.95. The van der Waals surface area contributed by atoms with Crippen LogP contribution in [0.1, 0.15) is 22.6 Å². The van der Waals surface area contributed by atoms with Crippen molar-refractivity contribution in [3.8, 4) is 11.4 Å². The molecular weight excluding hydrogens is 378 g/mol. The van der Waals surface area contributed by atoms with Crippen molar-refractivity contribution < 1.29 is 14.3 Å². The molecular formula is C18H19N7O4. The van der Waals surface area contributed by atoms with Gasteiger partial charge in [-0.15, -0.1) is 0 Å². The van der Waals surface area contributed by atoms with E-state index in [4.69, 9.17) is 11.1 Å². The predicted octanol–water partition coefficient (Wildman–Crippen LogP) is -0.0994. The van der Waals surface area contributed by atoms with Crippen LogP contribution in [0.3, 0.4) is 0 Å². The van der Waals surface area contributed by atoms with Crippen molar-refractivity contribution in [1.29, 1.82) is 5.41 Å². The van der Waals surface area contributed by atoms with E-state index in [-0.39, 0.29) is 35.8 Å². The number of H-pyrrole nitrogens is 1. The smallest absolute Gasteiger partial charge is 0.307 e. The Hall–Kier alpha value is -4.02. The minimum atomic E-state index is -0.624. The molecule has 1 amide bonds. The summed E-state index contributed by atoms with van der Waals surface area (Å²) < 4.78 is 6.10. The molecule has 11 heteroatoms. The maximum atomic E-state index is 12.4. The van der Waals surface area contributed by atoms with E-state index >= 15 is 0 Å². The van der Waals surface area contributed by atoms with Gasteiger partial charge in [0.2, 0.25) is 5.82 Å². The maximum absolute atomic E-state index is 12.4. The Bertz CT molecular complexity index is 1160. The zero-order chi connectivity index (χ0) is 21.1. The average Bonchev–Trinajstić information content (AvgIpc) is 3.05. The van der Waals surface area contributed by atoms with Crippen LogP contribution in [0, 0.1) is 5.41 Å². The van der Waals surface area contributed by atoms with Crippen LogP contribution in [0.4, 0.5) is 0 Å². The Morgan fingerprint density at radius 3 is 2.59 bits per heavy atom. The number of aromatic amines is 1. The second kappa shape index (κ2) is 7.92. The highest BCUT2D eigenvalue weighted by atomic mass is 16.5. The summed E-state index contributed by atoms with van der Waals surface area (Å²) in [5.41, 5.74) is 6.48. The van der Waals surface area contributed by atoms with Gasteiger partial charge in [0.05, 0.1) is 13.5 Å².